The molecule has 3 aromatic rings. The van der Waals surface area contributed by atoms with Gasteiger partial charge in [0.25, 0.3) is 11.8 Å². The normalized spacial score (nSPS) is 19.4. The summed E-state index contributed by atoms with van der Waals surface area (Å²) in [5.74, 6) is -3.71. The predicted molar refractivity (Wildman–Crippen MR) is 136 cm³/mol. The zero-order valence-corrected chi connectivity index (χ0v) is 19.7. The second-order valence-electron chi connectivity index (χ2n) is 8.63. The van der Waals surface area contributed by atoms with Crippen molar-refractivity contribution < 1.29 is 19.2 Å². The Balaban J connectivity index is 1.33. The Morgan fingerprint density at radius 2 is 0.917 bits per heavy atom. The van der Waals surface area contributed by atoms with E-state index in [4.69, 9.17) is 0 Å². The minimum atomic E-state index is -1.03. The fraction of sp³-hybridized carbons (Fsp3) is 0.143. The van der Waals surface area contributed by atoms with Gasteiger partial charge in [0.1, 0.15) is 11.8 Å². The molecule has 2 atom stereocenters. The van der Waals surface area contributed by atoms with E-state index in [2.05, 4.69) is 10.2 Å². The smallest absolute Gasteiger partial charge is 0.264 e. The third-order valence-electron chi connectivity index (χ3n) is 6.24. The van der Waals surface area contributed by atoms with Gasteiger partial charge in [-0.2, -0.15) is 20.2 Å². The average molecular weight is 479 g/mol. The van der Waals surface area contributed by atoms with Gasteiger partial charge >= 0.3 is 0 Å². The first-order chi connectivity index (χ1) is 17.4. The van der Waals surface area contributed by atoms with Crippen molar-refractivity contribution in [3.63, 3.8) is 0 Å². The molecular formula is C28H22N4O4. The summed E-state index contributed by atoms with van der Waals surface area (Å²) in [4.78, 5) is 52.3. The Morgan fingerprint density at radius 3 is 1.25 bits per heavy atom. The van der Waals surface area contributed by atoms with E-state index in [9.17, 15) is 19.2 Å². The van der Waals surface area contributed by atoms with Crippen LogP contribution in [0.15, 0.2) is 95.1 Å². The molecule has 8 heteroatoms. The van der Waals surface area contributed by atoms with E-state index in [1.54, 1.807) is 62.4 Å². The van der Waals surface area contributed by atoms with Crippen molar-refractivity contribution in [3.05, 3.63) is 96.1 Å². The lowest BCUT2D eigenvalue weighted by atomic mass is 9.90. The lowest BCUT2D eigenvalue weighted by molar-refractivity contribution is -0.119. The highest BCUT2D eigenvalue weighted by molar-refractivity contribution is 6.31. The van der Waals surface area contributed by atoms with Crippen LogP contribution >= 0.6 is 0 Å². The maximum absolute atomic E-state index is 13.2. The lowest BCUT2D eigenvalue weighted by Gasteiger charge is -2.14. The quantitative estimate of drug-likeness (QED) is 0.393. The van der Waals surface area contributed by atoms with Crippen molar-refractivity contribution in [2.45, 2.75) is 13.8 Å². The number of para-hydroxylation sites is 2. The summed E-state index contributed by atoms with van der Waals surface area (Å²) in [7, 11) is 0. The summed E-state index contributed by atoms with van der Waals surface area (Å²) in [6.45, 7) is 3.29. The number of hydrazone groups is 2. The molecule has 0 radical (unpaired) electrons. The third-order valence-corrected chi connectivity index (χ3v) is 6.24. The van der Waals surface area contributed by atoms with Crippen molar-refractivity contribution in [3.8, 4) is 0 Å². The van der Waals surface area contributed by atoms with Crippen LogP contribution in [-0.2, 0) is 9.59 Å². The number of amides is 2. The standard InChI is InChI=1S/C28H22N4O4/c1-17-23(27(35)31(29-17)21-9-5-3-6-10-21)25(33)19-13-15-20(16-14-19)26(34)24-18(2)30-32(28(24)36)22-11-7-4-8-12-22/h3-16,23-24H,1-2H3/t23-,24+. The molecule has 0 aliphatic carbocycles. The largest absolute Gasteiger partial charge is 0.293 e. The molecule has 5 rings (SSSR count). The summed E-state index contributed by atoms with van der Waals surface area (Å²) in [6, 6.07) is 23.8. The van der Waals surface area contributed by atoms with Crippen LogP contribution in [0.2, 0.25) is 0 Å². The summed E-state index contributed by atoms with van der Waals surface area (Å²) in [6.07, 6.45) is 0. The van der Waals surface area contributed by atoms with E-state index in [-0.39, 0.29) is 11.1 Å². The fourth-order valence-corrected chi connectivity index (χ4v) is 4.38. The maximum atomic E-state index is 13.2. The molecule has 2 amide bonds. The zero-order chi connectivity index (χ0) is 25.4. The number of anilines is 2. The number of rotatable bonds is 6. The van der Waals surface area contributed by atoms with E-state index < -0.39 is 35.2 Å². The maximum Gasteiger partial charge on any atom is 0.264 e. The predicted octanol–water partition coefficient (Wildman–Crippen LogP) is 4.13. The van der Waals surface area contributed by atoms with Crippen LogP contribution in [0, 0.1) is 11.8 Å². The van der Waals surface area contributed by atoms with E-state index in [1.807, 2.05) is 12.1 Å². The van der Waals surface area contributed by atoms with E-state index >= 15 is 0 Å². The van der Waals surface area contributed by atoms with Crippen molar-refractivity contribution >= 4 is 46.2 Å². The molecule has 178 valence electrons. The number of benzene rings is 3. The highest BCUT2D eigenvalue weighted by Crippen LogP contribution is 2.28. The SMILES string of the molecule is CC1=NN(c2ccccc2)C(=O)[C@H]1C(=O)c1ccc(C(=O)[C@H]2C(=O)N(c3ccccc3)N=C2C)cc1. The van der Waals surface area contributed by atoms with Crippen LogP contribution in [0.4, 0.5) is 11.4 Å². The van der Waals surface area contributed by atoms with E-state index in [1.165, 1.54) is 34.3 Å². The highest BCUT2D eigenvalue weighted by atomic mass is 16.2. The van der Waals surface area contributed by atoms with Crippen molar-refractivity contribution in [1.29, 1.82) is 0 Å². The Kier molecular flexibility index (Phi) is 5.85. The Hall–Kier alpha value is -4.72. The highest BCUT2D eigenvalue weighted by Gasteiger charge is 2.41. The van der Waals surface area contributed by atoms with Crippen LogP contribution in [0.25, 0.3) is 0 Å². The minimum absolute atomic E-state index is 0.281. The third kappa shape index (κ3) is 3.92. The number of carbonyl (C=O) groups is 4. The Labute approximate surface area is 207 Å². The number of Topliss-reactive ketones (excluding diaryl/α,β-unsaturated/α-hetero) is 2. The van der Waals surface area contributed by atoms with Gasteiger partial charge in [0.2, 0.25) is 0 Å². The van der Waals surface area contributed by atoms with Crippen molar-refractivity contribution in [1.82, 2.24) is 0 Å². The molecule has 0 N–H and O–H groups in total. The van der Waals surface area contributed by atoms with Crippen LogP contribution in [0.3, 0.4) is 0 Å². The van der Waals surface area contributed by atoms with Gasteiger partial charge in [0, 0.05) is 11.1 Å². The van der Waals surface area contributed by atoms with Crippen molar-refractivity contribution in [2.75, 3.05) is 10.0 Å². The first kappa shape index (κ1) is 23.0. The minimum Gasteiger partial charge on any atom is -0.293 e. The summed E-state index contributed by atoms with van der Waals surface area (Å²) >= 11 is 0. The van der Waals surface area contributed by atoms with Crippen LogP contribution in [-0.4, -0.2) is 34.8 Å². The number of hydrogen-bond donors (Lipinski definition) is 0. The molecule has 8 nitrogen and oxygen atoms in total. The molecule has 3 aromatic carbocycles. The van der Waals surface area contributed by atoms with Gasteiger partial charge in [-0.1, -0.05) is 60.7 Å². The summed E-state index contributed by atoms with van der Waals surface area (Å²) in [5.41, 5.74) is 2.53. The molecule has 0 saturated carbocycles. The molecule has 0 fully saturated rings. The van der Waals surface area contributed by atoms with E-state index in [0.29, 0.717) is 22.8 Å². The Bertz CT molecular complexity index is 1320. The van der Waals surface area contributed by atoms with E-state index in [0.717, 1.165) is 0 Å². The number of nitrogens with zero attached hydrogens (tertiary/aromatic N) is 4. The molecule has 36 heavy (non-hydrogen) atoms. The van der Waals surface area contributed by atoms with Gasteiger partial charge in [-0.05, 0) is 38.1 Å². The molecule has 0 bridgehead atoms. The first-order valence-corrected chi connectivity index (χ1v) is 11.4. The molecule has 0 spiro atoms. The second kappa shape index (κ2) is 9.14. The molecule has 0 saturated heterocycles. The average Bonchev–Trinajstić information content (AvgIpc) is 3.38. The monoisotopic (exact) mass is 478 g/mol. The van der Waals surface area contributed by atoms with Gasteiger partial charge in [-0.15, -0.1) is 0 Å². The number of ketones is 2. The molecular weight excluding hydrogens is 456 g/mol. The Morgan fingerprint density at radius 1 is 0.583 bits per heavy atom. The summed E-state index contributed by atoms with van der Waals surface area (Å²) in [5, 5.41) is 11.0. The van der Waals surface area contributed by atoms with Gasteiger partial charge in [0.05, 0.1) is 22.8 Å². The van der Waals surface area contributed by atoms with Crippen LogP contribution in [0.1, 0.15) is 34.6 Å². The molecule has 2 heterocycles. The summed E-state index contributed by atoms with van der Waals surface area (Å²) < 4.78 is 0. The first-order valence-electron chi connectivity index (χ1n) is 11.4. The molecule has 2 aliphatic heterocycles. The van der Waals surface area contributed by atoms with Crippen molar-refractivity contribution in [2.24, 2.45) is 22.0 Å². The molecule has 0 aromatic heterocycles. The molecule has 0 unspecified atom stereocenters. The van der Waals surface area contributed by atoms with Crippen LogP contribution in [0.5, 0.6) is 0 Å². The van der Waals surface area contributed by atoms with Gasteiger partial charge in [-0.25, -0.2) is 0 Å². The lowest BCUT2D eigenvalue weighted by Crippen LogP contribution is -2.33. The van der Waals surface area contributed by atoms with Gasteiger partial charge in [-0.3, -0.25) is 19.2 Å². The fourth-order valence-electron chi connectivity index (χ4n) is 4.38. The van der Waals surface area contributed by atoms with Crippen LogP contribution < -0.4 is 10.0 Å². The zero-order valence-electron chi connectivity index (χ0n) is 19.7. The number of hydrogen-bond acceptors (Lipinski definition) is 6. The second-order valence-corrected chi connectivity index (χ2v) is 8.63. The molecule has 2 aliphatic rings. The number of carbonyl (C=O) groups excluding carboxylic acids is 4. The topological polar surface area (TPSA) is 99.5 Å². The van der Waals surface area contributed by atoms with Gasteiger partial charge in [0.15, 0.2) is 11.6 Å². The van der Waals surface area contributed by atoms with Gasteiger partial charge < -0.3 is 0 Å².